The number of rotatable bonds is 5. The first-order valence-corrected chi connectivity index (χ1v) is 11.0. The molecule has 1 saturated heterocycles. The second-order valence-corrected chi connectivity index (χ2v) is 9.71. The van der Waals surface area contributed by atoms with Gasteiger partial charge in [0, 0.05) is 30.6 Å². The first-order chi connectivity index (χ1) is 13.3. The summed E-state index contributed by atoms with van der Waals surface area (Å²) in [4.78, 5) is 27.2. The van der Waals surface area contributed by atoms with E-state index in [1.54, 1.807) is 0 Å². The van der Waals surface area contributed by atoms with E-state index >= 15 is 0 Å². The fourth-order valence-corrected chi connectivity index (χ4v) is 4.97. The lowest BCUT2D eigenvalue weighted by molar-refractivity contribution is -0.138. The van der Waals surface area contributed by atoms with Gasteiger partial charge < -0.3 is 10.2 Å². The zero-order valence-electron chi connectivity index (χ0n) is 17.3. The van der Waals surface area contributed by atoms with Crippen LogP contribution in [0.3, 0.4) is 0 Å². The van der Waals surface area contributed by atoms with E-state index in [0.717, 1.165) is 50.2 Å². The quantitative estimate of drug-likeness (QED) is 0.778. The lowest BCUT2D eigenvalue weighted by Crippen LogP contribution is -2.50. The van der Waals surface area contributed by atoms with Crippen LogP contribution in [-0.2, 0) is 9.59 Å². The summed E-state index contributed by atoms with van der Waals surface area (Å²) in [5.74, 6) is 0.643. The molecule has 2 aliphatic rings. The molecule has 5 heteroatoms. The summed E-state index contributed by atoms with van der Waals surface area (Å²) >= 11 is 6.03. The van der Waals surface area contributed by atoms with Gasteiger partial charge in [-0.15, -0.1) is 0 Å². The van der Waals surface area contributed by atoms with Gasteiger partial charge in [0.2, 0.25) is 11.8 Å². The van der Waals surface area contributed by atoms with Crippen molar-refractivity contribution in [3.63, 3.8) is 0 Å². The number of hydrogen-bond acceptors (Lipinski definition) is 2. The minimum Gasteiger partial charge on any atom is -0.355 e. The van der Waals surface area contributed by atoms with Gasteiger partial charge in [-0.1, -0.05) is 57.3 Å². The van der Waals surface area contributed by atoms with Crippen LogP contribution in [0.2, 0.25) is 5.02 Å². The van der Waals surface area contributed by atoms with Gasteiger partial charge in [0.05, 0.1) is 5.92 Å². The molecule has 28 heavy (non-hydrogen) atoms. The number of amides is 2. The van der Waals surface area contributed by atoms with E-state index in [-0.39, 0.29) is 29.1 Å². The highest BCUT2D eigenvalue weighted by atomic mass is 35.5. The molecule has 1 aromatic rings. The molecular weight excluding hydrogens is 372 g/mol. The summed E-state index contributed by atoms with van der Waals surface area (Å²) in [6, 6.07) is 8.10. The molecule has 0 spiro atoms. The number of piperidine rings is 1. The summed E-state index contributed by atoms with van der Waals surface area (Å²) in [5.41, 5.74) is 1.28. The zero-order chi connectivity index (χ0) is 20.3. The first-order valence-electron chi connectivity index (χ1n) is 10.6. The summed E-state index contributed by atoms with van der Waals surface area (Å²) in [6.45, 7) is 8.33. The van der Waals surface area contributed by atoms with Crippen LogP contribution in [0, 0.1) is 17.3 Å². The highest BCUT2D eigenvalue weighted by Gasteiger charge is 2.39. The van der Waals surface area contributed by atoms with E-state index in [4.69, 9.17) is 11.6 Å². The van der Waals surface area contributed by atoms with Crippen LogP contribution in [-0.4, -0.2) is 36.3 Å². The molecule has 2 atom stereocenters. The van der Waals surface area contributed by atoms with Crippen molar-refractivity contribution >= 4 is 23.4 Å². The molecule has 2 amide bonds. The molecule has 1 aromatic carbocycles. The molecule has 0 aromatic heterocycles. The second kappa shape index (κ2) is 8.86. The molecule has 1 N–H and O–H groups in total. The van der Waals surface area contributed by atoms with Crippen LogP contribution in [0.25, 0.3) is 0 Å². The average Bonchev–Trinajstić information content (AvgIpc) is 3.20. The predicted molar refractivity (Wildman–Crippen MR) is 113 cm³/mol. The topological polar surface area (TPSA) is 49.4 Å². The van der Waals surface area contributed by atoms with Gasteiger partial charge in [-0.05, 0) is 48.3 Å². The third-order valence-corrected chi connectivity index (χ3v) is 6.80. The maximum Gasteiger partial charge on any atom is 0.227 e. The Hall–Kier alpha value is -1.55. The summed E-state index contributed by atoms with van der Waals surface area (Å²) in [6.07, 6.45) is 5.21. The zero-order valence-corrected chi connectivity index (χ0v) is 18.1. The van der Waals surface area contributed by atoms with E-state index in [1.807, 2.05) is 24.0 Å². The Bertz CT molecular complexity index is 695. The van der Waals surface area contributed by atoms with Crippen molar-refractivity contribution in [2.24, 2.45) is 17.3 Å². The van der Waals surface area contributed by atoms with E-state index in [0.29, 0.717) is 12.5 Å². The largest absolute Gasteiger partial charge is 0.355 e. The molecule has 1 heterocycles. The van der Waals surface area contributed by atoms with Gasteiger partial charge in [0.1, 0.15) is 0 Å². The summed E-state index contributed by atoms with van der Waals surface area (Å²) < 4.78 is 0. The van der Waals surface area contributed by atoms with Gasteiger partial charge in [-0.25, -0.2) is 0 Å². The first kappa shape index (κ1) is 21.2. The third-order valence-electron chi connectivity index (χ3n) is 6.54. The fraction of sp³-hybridized carbons (Fsp3) is 0.652. The van der Waals surface area contributed by atoms with Crippen molar-refractivity contribution in [3.8, 4) is 0 Å². The molecular formula is C23H33ClN2O2. The minimum absolute atomic E-state index is 0.00540. The second-order valence-electron chi connectivity index (χ2n) is 9.27. The number of benzene rings is 1. The molecule has 2 fully saturated rings. The smallest absolute Gasteiger partial charge is 0.227 e. The van der Waals surface area contributed by atoms with Crippen LogP contribution in [0.15, 0.2) is 24.3 Å². The van der Waals surface area contributed by atoms with Gasteiger partial charge >= 0.3 is 0 Å². The van der Waals surface area contributed by atoms with E-state index in [1.165, 1.54) is 5.56 Å². The molecule has 4 nitrogen and oxygen atoms in total. The minimum atomic E-state index is -0.187. The Kier molecular flexibility index (Phi) is 6.69. The maximum atomic E-state index is 13.0. The van der Waals surface area contributed by atoms with Crippen molar-refractivity contribution in [2.75, 3.05) is 19.6 Å². The number of carbonyl (C=O) groups excluding carboxylic acids is 2. The molecule has 1 saturated carbocycles. The summed E-state index contributed by atoms with van der Waals surface area (Å²) in [5, 5.41) is 3.76. The molecule has 154 valence electrons. The maximum absolute atomic E-state index is 13.0. The molecule has 0 bridgehead atoms. The van der Waals surface area contributed by atoms with Gasteiger partial charge in [-0.3, -0.25) is 9.59 Å². The van der Waals surface area contributed by atoms with Crippen LogP contribution < -0.4 is 5.32 Å². The van der Waals surface area contributed by atoms with Crippen LogP contribution >= 0.6 is 11.6 Å². The van der Waals surface area contributed by atoms with Crippen LogP contribution in [0.5, 0.6) is 0 Å². The number of carbonyl (C=O) groups is 2. The molecule has 2 unspecified atom stereocenters. The molecule has 1 aliphatic heterocycles. The normalized spacial score (nSPS) is 23.4. The van der Waals surface area contributed by atoms with E-state index < -0.39 is 0 Å². The Morgan fingerprint density at radius 3 is 2.43 bits per heavy atom. The highest BCUT2D eigenvalue weighted by molar-refractivity contribution is 6.30. The third kappa shape index (κ3) is 4.89. The highest BCUT2D eigenvalue weighted by Crippen LogP contribution is 2.42. The number of hydrogen-bond donors (Lipinski definition) is 1. The number of likely N-dealkylation sites (tertiary alicyclic amines) is 1. The number of nitrogens with zero attached hydrogens (tertiary/aromatic N) is 1. The lowest BCUT2D eigenvalue weighted by atomic mass is 9.70. The standard InChI is InChI=1S/C23H33ClN2O2/c1-16(14-25-21(27)18-6-4-5-7-18)22(28)26-13-12-20(23(2,3)15-26)17-8-10-19(24)11-9-17/h8-11,16,18,20H,4-7,12-15H2,1-3H3,(H,25,27). The molecule has 0 radical (unpaired) electrons. The van der Waals surface area contributed by atoms with Crippen molar-refractivity contribution in [2.45, 2.75) is 58.8 Å². The predicted octanol–water partition coefficient (Wildman–Crippen LogP) is 4.62. The number of nitrogens with one attached hydrogen (secondary N) is 1. The van der Waals surface area contributed by atoms with Gasteiger partial charge in [0.15, 0.2) is 0 Å². The van der Waals surface area contributed by atoms with E-state index in [9.17, 15) is 9.59 Å². The average molecular weight is 405 g/mol. The van der Waals surface area contributed by atoms with Crippen LogP contribution in [0.1, 0.15) is 64.4 Å². The Labute approximate surface area is 174 Å². The van der Waals surface area contributed by atoms with Crippen molar-refractivity contribution in [1.29, 1.82) is 0 Å². The van der Waals surface area contributed by atoms with Crippen LogP contribution in [0.4, 0.5) is 0 Å². The lowest BCUT2D eigenvalue weighted by Gasteiger charge is -2.45. The summed E-state index contributed by atoms with van der Waals surface area (Å²) in [7, 11) is 0. The van der Waals surface area contributed by atoms with Crippen molar-refractivity contribution in [3.05, 3.63) is 34.9 Å². The van der Waals surface area contributed by atoms with E-state index in [2.05, 4.69) is 31.3 Å². The number of halogens is 1. The Morgan fingerprint density at radius 1 is 1.18 bits per heavy atom. The van der Waals surface area contributed by atoms with Crippen molar-refractivity contribution < 1.29 is 9.59 Å². The fourth-order valence-electron chi connectivity index (χ4n) is 4.84. The van der Waals surface area contributed by atoms with Crippen molar-refractivity contribution in [1.82, 2.24) is 10.2 Å². The Morgan fingerprint density at radius 2 is 1.82 bits per heavy atom. The SMILES string of the molecule is CC(CNC(=O)C1CCCC1)C(=O)N1CCC(c2ccc(Cl)cc2)C(C)(C)C1. The Balaban J connectivity index is 1.55. The van der Waals surface area contributed by atoms with Gasteiger partial charge in [-0.2, -0.15) is 0 Å². The molecule has 3 rings (SSSR count). The van der Waals surface area contributed by atoms with Gasteiger partial charge in [0.25, 0.3) is 0 Å². The molecule has 1 aliphatic carbocycles. The monoisotopic (exact) mass is 404 g/mol.